The number of para-hydroxylation sites is 1. The Labute approximate surface area is 171 Å². The number of hydrogen-bond acceptors (Lipinski definition) is 5. The molecule has 2 aromatic heterocycles. The number of anilines is 1. The molecule has 2 aliphatic heterocycles. The molecular formula is C23H16FN5O. The molecule has 0 amide bonds. The van der Waals surface area contributed by atoms with Gasteiger partial charge >= 0.3 is 0 Å². The van der Waals surface area contributed by atoms with Crippen LogP contribution >= 0.6 is 0 Å². The summed E-state index contributed by atoms with van der Waals surface area (Å²) >= 11 is 0. The fourth-order valence-electron chi connectivity index (χ4n) is 4.22. The predicted octanol–water partition coefficient (Wildman–Crippen LogP) is 4.37. The number of hydrogen-bond donors (Lipinski definition) is 1. The van der Waals surface area contributed by atoms with Crippen molar-refractivity contribution in [2.75, 3.05) is 5.32 Å². The topological polar surface area (TPSA) is 64.9 Å². The highest BCUT2D eigenvalue weighted by molar-refractivity contribution is 5.85. The van der Waals surface area contributed by atoms with E-state index in [1.165, 1.54) is 18.5 Å². The highest BCUT2D eigenvalue weighted by Gasteiger charge is 2.40. The molecule has 6 rings (SSSR count). The first kappa shape index (κ1) is 16.9. The Morgan fingerprint density at radius 2 is 1.90 bits per heavy atom. The van der Waals surface area contributed by atoms with Crippen LogP contribution in [-0.4, -0.2) is 19.7 Å². The molecule has 6 nitrogen and oxygen atoms in total. The van der Waals surface area contributed by atoms with Crippen LogP contribution in [0.3, 0.4) is 0 Å². The highest BCUT2D eigenvalue weighted by Crippen LogP contribution is 2.50. The van der Waals surface area contributed by atoms with Gasteiger partial charge in [0.25, 0.3) is 0 Å². The van der Waals surface area contributed by atoms with E-state index in [1.54, 1.807) is 12.3 Å². The van der Waals surface area contributed by atoms with Crippen molar-refractivity contribution in [2.45, 2.75) is 12.1 Å². The van der Waals surface area contributed by atoms with Gasteiger partial charge in [-0.25, -0.2) is 9.07 Å². The highest BCUT2D eigenvalue weighted by atomic mass is 19.1. The second-order valence-corrected chi connectivity index (χ2v) is 7.22. The van der Waals surface area contributed by atoms with Crippen LogP contribution in [-0.2, 0) is 0 Å². The van der Waals surface area contributed by atoms with Crippen LogP contribution < -0.4 is 10.1 Å². The number of halogens is 1. The molecule has 0 fully saturated rings. The summed E-state index contributed by atoms with van der Waals surface area (Å²) < 4.78 is 22.4. The van der Waals surface area contributed by atoms with Gasteiger partial charge in [0, 0.05) is 23.5 Å². The first-order valence-electron chi connectivity index (χ1n) is 9.61. The summed E-state index contributed by atoms with van der Waals surface area (Å²) in [5.41, 5.74) is 4.45. The minimum atomic E-state index is -0.499. The van der Waals surface area contributed by atoms with E-state index in [-0.39, 0.29) is 11.9 Å². The number of rotatable bonds is 2. The molecule has 7 heteroatoms. The standard InChI is InChI=1S/C23H16FN5O/c24-16-7-3-5-14(11-16)22-19-20(17-8-1-2-9-18(17)30-22)28-23-26-13-27-29(23)21(19)15-6-4-10-25-12-15/h1-13,21-22H,(H,26,27,28)/t21-,22+/m1/s1. The minimum absolute atomic E-state index is 0.297. The minimum Gasteiger partial charge on any atom is -0.480 e. The van der Waals surface area contributed by atoms with Gasteiger partial charge in [0.15, 0.2) is 0 Å². The Hall–Kier alpha value is -4.00. The smallest absolute Gasteiger partial charge is 0.226 e. The third-order valence-electron chi connectivity index (χ3n) is 5.47. The van der Waals surface area contributed by atoms with E-state index in [9.17, 15) is 4.39 Å². The normalized spacial score (nSPS) is 19.2. The molecule has 2 aromatic carbocycles. The predicted molar refractivity (Wildman–Crippen MR) is 109 cm³/mol. The molecule has 0 unspecified atom stereocenters. The lowest BCUT2D eigenvalue weighted by molar-refractivity contribution is 0.222. The Balaban J connectivity index is 1.64. The van der Waals surface area contributed by atoms with Crippen LogP contribution in [0, 0.1) is 5.82 Å². The van der Waals surface area contributed by atoms with Crippen LogP contribution in [0.15, 0.2) is 85.0 Å². The SMILES string of the molecule is Fc1cccc([C@@H]2Oc3ccccc3C3=C2[C@@H](c2cccnc2)n2ncnc2N3)c1. The maximum absolute atomic E-state index is 14.1. The zero-order valence-corrected chi connectivity index (χ0v) is 15.7. The molecule has 0 saturated heterocycles. The number of ether oxygens (including phenoxy) is 1. The fraction of sp³-hybridized carbons (Fsp3) is 0.0870. The van der Waals surface area contributed by atoms with Crippen LogP contribution in [0.2, 0.25) is 0 Å². The van der Waals surface area contributed by atoms with Crippen molar-refractivity contribution in [2.24, 2.45) is 0 Å². The molecule has 146 valence electrons. The van der Waals surface area contributed by atoms with Gasteiger partial charge in [-0.3, -0.25) is 4.98 Å². The number of aromatic nitrogens is 4. The summed E-state index contributed by atoms with van der Waals surface area (Å²) in [6.07, 6.45) is 4.57. The molecule has 0 aliphatic carbocycles. The largest absolute Gasteiger partial charge is 0.480 e. The summed E-state index contributed by atoms with van der Waals surface area (Å²) in [5, 5.41) is 7.88. The Morgan fingerprint density at radius 3 is 2.77 bits per heavy atom. The van der Waals surface area contributed by atoms with Crippen molar-refractivity contribution in [1.82, 2.24) is 19.7 Å². The number of pyridine rings is 1. The van der Waals surface area contributed by atoms with Gasteiger partial charge in [0.2, 0.25) is 5.95 Å². The molecule has 0 saturated carbocycles. The van der Waals surface area contributed by atoms with E-state index in [1.807, 2.05) is 53.3 Å². The van der Waals surface area contributed by atoms with Crippen LogP contribution in [0.4, 0.5) is 10.3 Å². The molecular weight excluding hydrogens is 381 g/mol. The van der Waals surface area contributed by atoms with E-state index in [4.69, 9.17) is 4.74 Å². The molecule has 1 N–H and O–H groups in total. The van der Waals surface area contributed by atoms with Gasteiger partial charge in [-0.05, 0) is 41.5 Å². The summed E-state index contributed by atoms with van der Waals surface area (Å²) in [6.45, 7) is 0. The van der Waals surface area contributed by atoms with Crippen LogP contribution in [0.5, 0.6) is 5.75 Å². The second kappa shape index (κ2) is 6.52. The van der Waals surface area contributed by atoms with Gasteiger partial charge in [0.05, 0.1) is 5.70 Å². The van der Waals surface area contributed by atoms with Crippen LogP contribution in [0.25, 0.3) is 5.70 Å². The Bertz CT molecular complexity index is 1280. The van der Waals surface area contributed by atoms with Crippen molar-refractivity contribution in [3.63, 3.8) is 0 Å². The van der Waals surface area contributed by atoms with Crippen LogP contribution in [0.1, 0.15) is 28.8 Å². The van der Waals surface area contributed by atoms with Gasteiger partial charge in [-0.15, -0.1) is 0 Å². The molecule has 0 radical (unpaired) electrons. The van der Waals surface area contributed by atoms with E-state index < -0.39 is 6.10 Å². The van der Waals surface area contributed by atoms with Gasteiger partial charge in [-0.1, -0.05) is 30.3 Å². The molecule has 30 heavy (non-hydrogen) atoms. The van der Waals surface area contributed by atoms with E-state index in [2.05, 4.69) is 20.4 Å². The van der Waals surface area contributed by atoms with Crippen molar-refractivity contribution in [1.29, 1.82) is 0 Å². The number of nitrogens with one attached hydrogen (secondary N) is 1. The quantitative estimate of drug-likeness (QED) is 0.544. The van der Waals surface area contributed by atoms with Crippen molar-refractivity contribution >= 4 is 11.6 Å². The molecule has 0 spiro atoms. The van der Waals surface area contributed by atoms with E-state index in [0.29, 0.717) is 5.95 Å². The molecule has 4 heterocycles. The Morgan fingerprint density at radius 1 is 1.00 bits per heavy atom. The summed E-state index contributed by atoms with van der Waals surface area (Å²) in [5.74, 6) is 1.06. The fourth-order valence-corrected chi connectivity index (χ4v) is 4.22. The van der Waals surface area contributed by atoms with E-state index in [0.717, 1.165) is 33.7 Å². The van der Waals surface area contributed by atoms with Crippen molar-refractivity contribution in [3.05, 3.63) is 107 Å². The third kappa shape index (κ3) is 2.52. The van der Waals surface area contributed by atoms with Gasteiger partial charge in [0.1, 0.15) is 30.0 Å². The van der Waals surface area contributed by atoms with Crippen molar-refractivity contribution < 1.29 is 9.13 Å². The zero-order chi connectivity index (χ0) is 20.1. The summed E-state index contributed by atoms with van der Waals surface area (Å²) in [7, 11) is 0. The first-order valence-corrected chi connectivity index (χ1v) is 9.61. The zero-order valence-electron chi connectivity index (χ0n) is 15.7. The Kier molecular flexibility index (Phi) is 3.67. The number of benzene rings is 2. The van der Waals surface area contributed by atoms with E-state index >= 15 is 0 Å². The monoisotopic (exact) mass is 397 g/mol. The second-order valence-electron chi connectivity index (χ2n) is 7.22. The maximum atomic E-state index is 14.1. The van der Waals surface area contributed by atoms with Gasteiger partial charge in [-0.2, -0.15) is 10.1 Å². The maximum Gasteiger partial charge on any atom is 0.226 e. The molecule has 2 atom stereocenters. The lowest BCUT2D eigenvalue weighted by Gasteiger charge is -2.38. The molecule has 4 aromatic rings. The molecule has 2 aliphatic rings. The molecule has 0 bridgehead atoms. The summed E-state index contributed by atoms with van der Waals surface area (Å²) in [6, 6.07) is 17.9. The number of fused-ring (bicyclic) bond motifs is 3. The average molecular weight is 397 g/mol. The lowest BCUT2D eigenvalue weighted by Crippen LogP contribution is -2.32. The van der Waals surface area contributed by atoms with Gasteiger partial charge < -0.3 is 10.1 Å². The first-order chi connectivity index (χ1) is 14.8. The summed E-state index contributed by atoms with van der Waals surface area (Å²) in [4.78, 5) is 8.70. The third-order valence-corrected chi connectivity index (χ3v) is 5.47. The lowest BCUT2D eigenvalue weighted by atomic mass is 9.85. The number of nitrogens with zero attached hydrogens (tertiary/aromatic N) is 4. The van der Waals surface area contributed by atoms with Crippen molar-refractivity contribution in [3.8, 4) is 5.75 Å². The average Bonchev–Trinajstić information content (AvgIpc) is 3.26.